The highest BCUT2D eigenvalue weighted by Crippen LogP contribution is 2.53. The topological polar surface area (TPSA) is 63.1 Å². The molecule has 1 aliphatic carbocycles. The maximum atomic E-state index is 12.9. The Morgan fingerprint density at radius 3 is 2.92 bits per heavy atom. The second kappa shape index (κ2) is 6.50. The van der Waals surface area contributed by atoms with Crippen LogP contribution in [0.5, 0.6) is 0 Å². The molecule has 2 heterocycles. The van der Waals surface area contributed by atoms with Crippen LogP contribution in [0.15, 0.2) is 36.7 Å². The summed E-state index contributed by atoms with van der Waals surface area (Å²) in [4.78, 5) is 15.0. The molecule has 1 aliphatic heterocycles. The van der Waals surface area contributed by atoms with E-state index >= 15 is 0 Å². The summed E-state index contributed by atoms with van der Waals surface area (Å²) in [6.45, 7) is 4.11. The molecular formula is C19H25N5O. The van der Waals surface area contributed by atoms with Crippen LogP contribution in [0.3, 0.4) is 0 Å². The Kier molecular flexibility index (Phi) is 4.19. The largest absolute Gasteiger partial charge is 0.331 e. The van der Waals surface area contributed by atoms with Gasteiger partial charge in [0, 0.05) is 19.0 Å². The van der Waals surface area contributed by atoms with Gasteiger partial charge in [-0.2, -0.15) is 0 Å². The molecule has 25 heavy (non-hydrogen) atoms. The number of carbonyl (C=O) groups is 1. The number of nitrogens with one attached hydrogen (secondary N) is 1. The monoisotopic (exact) mass is 339 g/mol. The zero-order chi connectivity index (χ0) is 17.3. The number of likely N-dealkylation sites (tertiary alicyclic amines) is 1. The summed E-state index contributed by atoms with van der Waals surface area (Å²) < 4.78 is 1.95. The van der Waals surface area contributed by atoms with E-state index < -0.39 is 0 Å². The number of rotatable bonds is 4. The van der Waals surface area contributed by atoms with Gasteiger partial charge in [0.2, 0.25) is 0 Å². The summed E-state index contributed by atoms with van der Waals surface area (Å²) in [5.74, 6) is 1.37. The van der Waals surface area contributed by atoms with Gasteiger partial charge >= 0.3 is 6.03 Å². The molecule has 2 atom stereocenters. The van der Waals surface area contributed by atoms with E-state index in [4.69, 9.17) is 0 Å². The van der Waals surface area contributed by atoms with Crippen LogP contribution in [0.2, 0.25) is 0 Å². The molecule has 6 nitrogen and oxygen atoms in total. The van der Waals surface area contributed by atoms with Gasteiger partial charge in [0.15, 0.2) is 5.82 Å². The number of aromatic nitrogens is 3. The van der Waals surface area contributed by atoms with Crippen molar-refractivity contribution in [3.8, 4) is 0 Å². The van der Waals surface area contributed by atoms with E-state index in [-0.39, 0.29) is 11.6 Å². The van der Waals surface area contributed by atoms with E-state index in [1.807, 2.05) is 22.5 Å². The van der Waals surface area contributed by atoms with Gasteiger partial charge in [-0.3, -0.25) is 0 Å². The van der Waals surface area contributed by atoms with Gasteiger partial charge in [0.05, 0.1) is 12.1 Å². The molecule has 4 rings (SSSR count). The van der Waals surface area contributed by atoms with E-state index in [2.05, 4.69) is 39.8 Å². The van der Waals surface area contributed by atoms with E-state index in [9.17, 15) is 4.79 Å². The fraction of sp³-hybridized carbons (Fsp3) is 0.526. The lowest BCUT2D eigenvalue weighted by molar-refractivity contribution is -0.0794. The van der Waals surface area contributed by atoms with Gasteiger partial charge in [-0.25, -0.2) is 4.79 Å². The molecule has 0 radical (unpaired) electrons. The molecule has 0 bridgehead atoms. The second-order valence-electron chi connectivity index (χ2n) is 7.04. The molecule has 2 aromatic rings. The third kappa shape index (κ3) is 2.60. The summed E-state index contributed by atoms with van der Waals surface area (Å²) in [6.07, 6.45) is 6.42. The summed E-state index contributed by atoms with van der Waals surface area (Å²) in [6, 6.07) is 10.5. The average molecular weight is 339 g/mol. The van der Waals surface area contributed by atoms with Crippen molar-refractivity contribution in [2.45, 2.75) is 51.2 Å². The van der Waals surface area contributed by atoms with Crippen LogP contribution in [-0.2, 0) is 18.6 Å². The molecule has 6 heteroatoms. The fourth-order valence-electron chi connectivity index (χ4n) is 4.55. The molecule has 2 fully saturated rings. The van der Waals surface area contributed by atoms with Crippen LogP contribution >= 0.6 is 0 Å². The molecule has 0 spiro atoms. The summed E-state index contributed by atoms with van der Waals surface area (Å²) in [5, 5.41) is 11.1. The lowest BCUT2D eigenvalue weighted by atomic mass is 9.62. The van der Waals surface area contributed by atoms with Crippen molar-refractivity contribution < 1.29 is 4.79 Å². The van der Waals surface area contributed by atoms with Gasteiger partial charge in [0.1, 0.15) is 6.33 Å². The Bertz CT molecular complexity index is 743. The Labute approximate surface area is 148 Å². The number of aryl methyl sites for hydroxylation is 1. The molecular weight excluding hydrogens is 314 g/mol. The highest BCUT2D eigenvalue weighted by Gasteiger charge is 2.56. The first kappa shape index (κ1) is 16.1. The van der Waals surface area contributed by atoms with E-state index in [1.54, 1.807) is 6.33 Å². The van der Waals surface area contributed by atoms with E-state index in [0.717, 1.165) is 25.3 Å². The Balaban J connectivity index is 1.52. The number of amides is 2. The molecule has 1 N–H and O–H groups in total. The fourth-order valence-corrected chi connectivity index (χ4v) is 4.55. The Morgan fingerprint density at radius 1 is 1.32 bits per heavy atom. The summed E-state index contributed by atoms with van der Waals surface area (Å²) >= 11 is 0. The minimum Gasteiger partial charge on any atom is -0.331 e. The maximum absolute atomic E-state index is 12.9. The van der Waals surface area contributed by atoms with Crippen LogP contribution in [0, 0.1) is 5.92 Å². The smallest absolute Gasteiger partial charge is 0.318 e. The molecule has 1 aromatic carbocycles. The van der Waals surface area contributed by atoms with E-state index in [0.29, 0.717) is 12.5 Å². The summed E-state index contributed by atoms with van der Waals surface area (Å²) in [7, 11) is 0. The number of nitrogens with zero attached hydrogens (tertiary/aromatic N) is 4. The van der Waals surface area contributed by atoms with Crippen LogP contribution in [0.25, 0.3) is 0 Å². The van der Waals surface area contributed by atoms with Crippen molar-refractivity contribution in [2.75, 3.05) is 6.54 Å². The molecule has 1 saturated carbocycles. The molecule has 2 aliphatic rings. The van der Waals surface area contributed by atoms with Crippen LogP contribution in [0.4, 0.5) is 4.79 Å². The SMILES string of the molecule is CCn1cnnc1CNC(=O)N1C[C@@H]2CCCC[C@]21c1ccccc1. The third-order valence-electron chi connectivity index (χ3n) is 5.87. The molecule has 132 valence electrons. The molecule has 0 unspecified atom stereocenters. The first-order valence-corrected chi connectivity index (χ1v) is 9.23. The van der Waals surface area contributed by atoms with Crippen molar-refractivity contribution in [2.24, 2.45) is 5.92 Å². The first-order chi connectivity index (χ1) is 12.3. The van der Waals surface area contributed by atoms with Gasteiger partial charge in [-0.1, -0.05) is 43.2 Å². The normalized spacial score (nSPS) is 25.2. The third-order valence-corrected chi connectivity index (χ3v) is 5.87. The average Bonchev–Trinajstić information content (AvgIpc) is 3.09. The summed E-state index contributed by atoms with van der Waals surface area (Å²) in [5.41, 5.74) is 1.15. The maximum Gasteiger partial charge on any atom is 0.318 e. The Morgan fingerprint density at radius 2 is 2.16 bits per heavy atom. The first-order valence-electron chi connectivity index (χ1n) is 9.23. The predicted octanol–water partition coefficient (Wildman–Crippen LogP) is 2.91. The highest BCUT2D eigenvalue weighted by molar-refractivity contribution is 5.77. The van der Waals surface area contributed by atoms with Crippen molar-refractivity contribution in [1.82, 2.24) is 25.0 Å². The van der Waals surface area contributed by atoms with Gasteiger partial charge in [-0.05, 0) is 25.3 Å². The number of urea groups is 1. The Hall–Kier alpha value is -2.37. The predicted molar refractivity (Wildman–Crippen MR) is 94.7 cm³/mol. The van der Waals surface area contributed by atoms with Crippen molar-refractivity contribution in [3.63, 3.8) is 0 Å². The minimum atomic E-state index is -0.123. The highest BCUT2D eigenvalue weighted by atomic mass is 16.2. The van der Waals surface area contributed by atoms with Crippen molar-refractivity contribution >= 4 is 6.03 Å². The quantitative estimate of drug-likeness (QED) is 0.931. The van der Waals surface area contributed by atoms with Crippen LogP contribution in [-0.4, -0.2) is 32.2 Å². The number of hydrogen-bond acceptors (Lipinski definition) is 3. The number of fused-ring (bicyclic) bond motifs is 1. The lowest BCUT2D eigenvalue weighted by Gasteiger charge is -2.61. The molecule has 1 aromatic heterocycles. The minimum absolute atomic E-state index is 0.00709. The number of carbonyl (C=O) groups excluding carboxylic acids is 1. The molecule has 1 saturated heterocycles. The van der Waals surface area contributed by atoms with Crippen LogP contribution < -0.4 is 5.32 Å². The standard InChI is InChI=1S/C19H25N5O/c1-2-23-14-21-22-17(23)12-20-18(25)24-13-16-10-6-7-11-19(16,24)15-8-4-3-5-9-15/h3-5,8-9,14,16H,2,6-7,10-13H2,1H3,(H,20,25)/t16-,19-/m0/s1. The van der Waals surface area contributed by atoms with E-state index in [1.165, 1.54) is 24.8 Å². The van der Waals surface area contributed by atoms with Crippen molar-refractivity contribution in [1.29, 1.82) is 0 Å². The second-order valence-corrected chi connectivity index (χ2v) is 7.04. The number of benzene rings is 1. The zero-order valence-corrected chi connectivity index (χ0v) is 14.7. The van der Waals surface area contributed by atoms with Gasteiger partial charge in [-0.15, -0.1) is 10.2 Å². The van der Waals surface area contributed by atoms with Crippen molar-refractivity contribution in [3.05, 3.63) is 48.0 Å². The van der Waals surface area contributed by atoms with Crippen LogP contribution in [0.1, 0.15) is 44.0 Å². The number of hydrogen-bond donors (Lipinski definition) is 1. The lowest BCUT2D eigenvalue weighted by Crippen LogP contribution is -2.69. The van der Waals surface area contributed by atoms with Gasteiger partial charge < -0.3 is 14.8 Å². The van der Waals surface area contributed by atoms with Gasteiger partial charge in [0.25, 0.3) is 0 Å². The molecule has 2 amide bonds. The zero-order valence-electron chi connectivity index (χ0n) is 14.7.